The van der Waals surface area contributed by atoms with E-state index in [1.165, 1.54) is 5.56 Å². The smallest absolute Gasteiger partial charge is 0.333 e. The fourth-order valence-electron chi connectivity index (χ4n) is 3.76. The van der Waals surface area contributed by atoms with Crippen LogP contribution in [-0.4, -0.2) is 27.1 Å². The minimum Gasteiger partial charge on any atom is -0.335 e. The number of likely N-dealkylation sites (tertiary alicyclic amines) is 1. The van der Waals surface area contributed by atoms with Gasteiger partial charge in [0.25, 0.3) is 0 Å². The van der Waals surface area contributed by atoms with Crippen molar-refractivity contribution in [2.75, 3.05) is 6.54 Å². The van der Waals surface area contributed by atoms with Gasteiger partial charge in [0.2, 0.25) is 5.91 Å². The highest BCUT2D eigenvalue weighted by molar-refractivity contribution is 5.80. The fraction of sp³-hybridized carbons (Fsp3) is 0.500. The van der Waals surface area contributed by atoms with Gasteiger partial charge in [-0.25, -0.2) is 4.68 Å². The van der Waals surface area contributed by atoms with E-state index in [0.29, 0.717) is 28.2 Å². The second kappa shape index (κ2) is 7.56. The van der Waals surface area contributed by atoms with Crippen LogP contribution in [0.15, 0.2) is 24.3 Å². The number of benzene rings is 1. The summed E-state index contributed by atoms with van der Waals surface area (Å²) >= 11 is 0. The lowest BCUT2D eigenvalue weighted by molar-refractivity contribution is -0.134. The van der Waals surface area contributed by atoms with Crippen molar-refractivity contribution in [3.8, 4) is 0 Å². The summed E-state index contributed by atoms with van der Waals surface area (Å²) in [4.78, 5) is 14.9. The molecule has 26 heavy (non-hydrogen) atoms. The van der Waals surface area contributed by atoms with Crippen LogP contribution >= 0.6 is 0 Å². The number of hydrogen-bond acceptors (Lipinski definition) is 2. The number of rotatable bonds is 4. The second-order valence-electron chi connectivity index (χ2n) is 7.06. The standard InChI is InChI=1S/C20H25F2N3O/c1-13-7-9-16(10-8-13)18-6-4-5-11-24(18)19(26)12-17-14(2)23-25(15(17)3)20(21)22/h7-10,18,20H,4-6,11-12H2,1-3H3. The normalized spacial score (nSPS) is 17.8. The maximum Gasteiger partial charge on any atom is 0.333 e. The van der Waals surface area contributed by atoms with Crippen LogP contribution in [0.1, 0.15) is 59.9 Å². The lowest BCUT2D eigenvalue weighted by Gasteiger charge is -2.36. The second-order valence-corrected chi connectivity index (χ2v) is 7.06. The summed E-state index contributed by atoms with van der Waals surface area (Å²) in [6, 6.07) is 8.34. The van der Waals surface area contributed by atoms with Gasteiger partial charge in [0.1, 0.15) is 0 Å². The van der Waals surface area contributed by atoms with Crippen LogP contribution in [0, 0.1) is 20.8 Å². The van der Waals surface area contributed by atoms with E-state index in [2.05, 4.69) is 29.4 Å². The fourth-order valence-corrected chi connectivity index (χ4v) is 3.76. The molecule has 4 nitrogen and oxygen atoms in total. The maximum atomic E-state index is 13.0. The number of nitrogens with zero attached hydrogens (tertiary/aromatic N) is 3. The highest BCUT2D eigenvalue weighted by Gasteiger charge is 2.29. The first-order chi connectivity index (χ1) is 12.4. The monoisotopic (exact) mass is 361 g/mol. The zero-order valence-corrected chi connectivity index (χ0v) is 15.5. The molecule has 3 rings (SSSR count). The minimum atomic E-state index is -2.69. The first-order valence-electron chi connectivity index (χ1n) is 9.07. The Labute approximate surface area is 152 Å². The van der Waals surface area contributed by atoms with Gasteiger partial charge in [-0.3, -0.25) is 4.79 Å². The summed E-state index contributed by atoms with van der Waals surface area (Å²) in [6.07, 6.45) is 3.11. The van der Waals surface area contributed by atoms with Crippen LogP contribution in [0.3, 0.4) is 0 Å². The average molecular weight is 361 g/mol. The van der Waals surface area contributed by atoms with Crippen molar-refractivity contribution in [2.45, 2.75) is 59.0 Å². The van der Waals surface area contributed by atoms with Crippen LogP contribution in [0.25, 0.3) is 0 Å². The maximum absolute atomic E-state index is 13.0. The number of halogens is 2. The van der Waals surface area contributed by atoms with Crippen molar-refractivity contribution in [1.29, 1.82) is 0 Å². The molecule has 0 spiro atoms. The van der Waals surface area contributed by atoms with Crippen molar-refractivity contribution in [1.82, 2.24) is 14.7 Å². The third-order valence-corrected chi connectivity index (χ3v) is 5.27. The lowest BCUT2D eigenvalue weighted by Crippen LogP contribution is -2.39. The molecule has 0 aliphatic carbocycles. The predicted octanol–water partition coefficient (Wildman–Crippen LogP) is 4.50. The number of aromatic nitrogens is 2. The Balaban J connectivity index is 1.82. The molecule has 1 saturated heterocycles. The summed E-state index contributed by atoms with van der Waals surface area (Å²) in [6.45, 7) is 3.34. The molecule has 1 aliphatic rings. The Morgan fingerprint density at radius 3 is 2.50 bits per heavy atom. The van der Waals surface area contributed by atoms with Crippen LogP contribution in [0.5, 0.6) is 0 Å². The molecule has 0 N–H and O–H groups in total. The van der Waals surface area contributed by atoms with E-state index in [0.717, 1.165) is 24.8 Å². The van der Waals surface area contributed by atoms with Gasteiger partial charge in [0.05, 0.1) is 18.2 Å². The van der Waals surface area contributed by atoms with E-state index < -0.39 is 6.55 Å². The Kier molecular flexibility index (Phi) is 5.39. The molecule has 1 fully saturated rings. The molecule has 1 aromatic carbocycles. The molecule has 1 atom stereocenters. The van der Waals surface area contributed by atoms with Gasteiger partial charge in [-0.05, 0) is 45.6 Å². The quantitative estimate of drug-likeness (QED) is 0.804. The molecule has 1 unspecified atom stereocenters. The van der Waals surface area contributed by atoms with Gasteiger partial charge < -0.3 is 4.90 Å². The van der Waals surface area contributed by atoms with Gasteiger partial charge in [-0.15, -0.1) is 0 Å². The number of piperidine rings is 1. The molecule has 2 aromatic rings. The van der Waals surface area contributed by atoms with Crippen LogP contribution in [0.2, 0.25) is 0 Å². The molecular weight excluding hydrogens is 336 g/mol. The van der Waals surface area contributed by atoms with Gasteiger partial charge in [-0.1, -0.05) is 29.8 Å². The summed E-state index contributed by atoms with van der Waals surface area (Å²) < 4.78 is 26.8. The Morgan fingerprint density at radius 1 is 1.19 bits per heavy atom. The molecule has 2 heterocycles. The molecular formula is C20H25F2N3O. The summed E-state index contributed by atoms with van der Waals surface area (Å²) in [5.41, 5.74) is 3.81. The predicted molar refractivity (Wildman–Crippen MR) is 96.1 cm³/mol. The molecule has 1 aromatic heterocycles. The van der Waals surface area contributed by atoms with E-state index in [1.807, 2.05) is 11.8 Å². The molecule has 0 bridgehead atoms. The molecule has 1 amide bonds. The minimum absolute atomic E-state index is 0.0182. The highest BCUT2D eigenvalue weighted by atomic mass is 19.3. The largest absolute Gasteiger partial charge is 0.335 e. The van der Waals surface area contributed by atoms with Gasteiger partial charge in [0.15, 0.2) is 0 Å². The Morgan fingerprint density at radius 2 is 1.88 bits per heavy atom. The van der Waals surface area contributed by atoms with Crippen LogP contribution < -0.4 is 0 Å². The lowest BCUT2D eigenvalue weighted by atomic mass is 9.94. The number of amides is 1. The number of hydrogen-bond donors (Lipinski definition) is 0. The molecule has 0 radical (unpaired) electrons. The van der Waals surface area contributed by atoms with Gasteiger partial charge >= 0.3 is 6.55 Å². The van der Waals surface area contributed by atoms with E-state index in [9.17, 15) is 13.6 Å². The van der Waals surface area contributed by atoms with E-state index in [4.69, 9.17) is 0 Å². The Bertz CT molecular complexity index is 783. The van der Waals surface area contributed by atoms with Crippen LogP contribution in [0.4, 0.5) is 8.78 Å². The molecule has 140 valence electrons. The van der Waals surface area contributed by atoms with Crippen molar-refractivity contribution >= 4 is 5.91 Å². The zero-order valence-electron chi connectivity index (χ0n) is 15.5. The van der Waals surface area contributed by atoms with Crippen molar-refractivity contribution in [3.05, 3.63) is 52.3 Å². The average Bonchev–Trinajstić information content (AvgIpc) is 2.91. The SMILES string of the molecule is Cc1ccc(C2CCCCN2C(=O)Cc2c(C)nn(C(F)F)c2C)cc1. The van der Waals surface area contributed by atoms with E-state index in [1.54, 1.807) is 13.8 Å². The summed E-state index contributed by atoms with van der Waals surface area (Å²) in [5, 5.41) is 3.89. The van der Waals surface area contributed by atoms with Crippen molar-refractivity contribution < 1.29 is 13.6 Å². The molecule has 0 saturated carbocycles. The van der Waals surface area contributed by atoms with E-state index >= 15 is 0 Å². The Hall–Kier alpha value is -2.24. The molecule has 6 heteroatoms. The van der Waals surface area contributed by atoms with Crippen molar-refractivity contribution in [3.63, 3.8) is 0 Å². The van der Waals surface area contributed by atoms with Gasteiger partial charge in [-0.2, -0.15) is 13.9 Å². The summed E-state index contributed by atoms with van der Waals surface area (Å²) in [7, 11) is 0. The van der Waals surface area contributed by atoms with Crippen molar-refractivity contribution in [2.24, 2.45) is 0 Å². The first-order valence-corrected chi connectivity index (χ1v) is 9.07. The number of alkyl halides is 2. The number of aryl methyl sites for hydroxylation is 2. The highest BCUT2D eigenvalue weighted by Crippen LogP contribution is 2.32. The third kappa shape index (κ3) is 3.64. The zero-order chi connectivity index (χ0) is 18.8. The topological polar surface area (TPSA) is 38.1 Å². The molecule has 1 aliphatic heterocycles. The van der Waals surface area contributed by atoms with E-state index in [-0.39, 0.29) is 18.4 Å². The number of carbonyl (C=O) groups excluding carboxylic acids is 1. The number of carbonyl (C=O) groups is 1. The van der Waals surface area contributed by atoms with Crippen LogP contribution in [-0.2, 0) is 11.2 Å². The van der Waals surface area contributed by atoms with Gasteiger partial charge in [0, 0.05) is 17.8 Å². The first kappa shape index (κ1) is 18.5. The third-order valence-electron chi connectivity index (χ3n) is 5.27. The summed E-state index contributed by atoms with van der Waals surface area (Å²) in [5.74, 6) is -0.0182.